The van der Waals surface area contributed by atoms with Crippen LogP contribution in [0.15, 0.2) is 36.5 Å². The number of hydrogen-bond acceptors (Lipinski definition) is 5. The maximum atomic E-state index is 11.5. The molecular weight excluding hydrogens is 318 g/mol. The summed E-state index contributed by atoms with van der Waals surface area (Å²) in [6, 6.07) is 8.87. The van der Waals surface area contributed by atoms with E-state index in [0.29, 0.717) is 17.4 Å². The number of pyridine rings is 1. The number of carbonyl (C=O) groups is 1. The molecule has 0 fully saturated rings. The molecule has 0 saturated heterocycles. The zero-order valence-electron chi connectivity index (χ0n) is 14.9. The Balaban J connectivity index is 2.10. The van der Waals surface area contributed by atoms with Crippen LogP contribution in [0.5, 0.6) is 17.4 Å². The summed E-state index contributed by atoms with van der Waals surface area (Å²) in [6.45, 7) is 6.12. The van der Waals surface area contributed by atoms with Crippen LogP contribution in [0.1, 0.15) is 36.2 Å². The van der Waals surface area contributed by atoms with Crippen molar-refractivity contribution < 1.29 is 14.3 Å². The van der Waals surface area contributed by atoms with Gasteiger partial charge in [-0.3, -0.25) is 4.79 Å². The second-order valence-corrected chi connectivity index (χ2v) is 6.17. The van der Waals surface area contributed by atoms with E-state index in [2.05, 4.69) is 24.1 Å². The quantitative estimate of drug-likeness (QED) is 0.683. The largest absolute Gasteiger partial charge is 0.493 e. The van der Waals surface area contributed by atoms with Crippen LogP contribution in [0.25, 0.3) is 0 Å². The lowest BCUT2D eigenvalue weighted by atomic mass is 10.1. The molecule has 0 aliphatic rings. The van der Waals surface area contributed by atoms with Gasteiger partial charge >= 0.3 is 0 Å². The number of ether oxygens (including phenoxy) is 2. The molecule has 3 N–H and O–H groups in total. The summed E-state index contributed by atoms with van der Waals surface area (Å²) in [7, 11) is 1.57. The standard InChI is InChI=1S/C19H25N3O3/c1-13(2)8-10-21-12-14-6-7-16(17(11-14)24-3)25-19-15(18(20)23)5-4-9-22-19/h4-7,9,11,13,21H,8,10,12H2,1-3H3,(H2,20,23). The highest BCUT2D eigenvalue weighted by atomic mass is 16.5. The molecule has 0 atom stereocenters. The summed E-state index contributed by atoms with van der Waals surface area (Å²) >= 11 is 0. The molecule has 2 rings (SSSR count). The summed E-state index contributed by atoms with van der Waals surface area (Å²) in [5.74, 6) is 1.30. The van der Waals surface area contributed by atoms with E-state index in [0.717, 1.165) is 25.1 Å². The van der Waals surface area contributed by atoms with E-state index in [-0.39, 0.29) is 11.4 Å². The van der Waals surface area contributed by atoms with Crippen molar-refractivity contribution in [1.82, 2.24) is 10.3 Å². The van der Waals surface area contributed by atoms with Gasteiger partial charge in [0.2, 0.25) is 5.88 Å². The highest BCUT2D eigenvalue weighted by Crippen LogP contribution is 2.32. The Kier molecular flexibility index (Phi) is 6.77. The van der Waals surface area contributed by atoms with Gasteiger partial charge in [0.25, 0.3) is 5.91 Å². The van der Waals surface area contributed by atoms with Crippen molar-refractivity contribution in [3.8, 4) is 17.4 Å². The number of carbonyl (C=O) groups excluding carboxylic acids is 1. The first kappa shape index (κ1) is 18.7. The van der Waals surface area contributed by atoms with E-state index in [9.17, 15) is 4.79 Å². The Labute approximate surface area is 148 Å². The van der Waals surface area contributed by atoms with Crippen LogP contribution in [-0.4, -0.2) is 24.5 Å². The second-order valence-electron chi connectivity index (χ2n) is 6.17. The SMILES string of the molecule is COc1cc(CNCCC(C)C)ccc1Oc1ncccc1C(N)=O. The Morgan fingerprint density at radius 1 is 1.28 bits per heavy atom. The highest BCUT2D eigenvalue weighted by molar-refractivity contribution is 5.95. The number of nitrogens with two attached hydrogens (primary N) is 1. The van der Waals surface area contributed by atoms with E-state index in [1.807, 2.05) is 12.1 Å². The first-order valence-electron chi connectivity index (χ1n) is 8.31. The number of nitrogens with one attached hydrogen (secondary N) is 1. The lowest BCUT2D eigenvalue weighted by molar-refractivity contribution is 0.0997. The molecular formula is C19H25N3O3. The van der Waals surface area contributed by atoms with Gasteiger partial charge in [0.05, 0.1) is 7.11 Å². The van der Waals surface area contributed by atoms with Crippen LogP contribution in [0.2, 0.25) is 0 Å². The summed E-state index contributed by atoms with van der Waals surface area (Å²) in [5.41, 5.74) is 6.67. The summed E-state index contributed by atoms with van der Waals surface area (Å²) in [5, 5.41) is 3.41. The summed E-state index contributed by atoms with van der Waals surface area (Å²) in [4.78, 5) is 15.6. The van der Waals surface area contributed by atoms with Gasteiger partial charge in [-0.2, -0.15) is 0 Å². The number of aromatic nitrogens is 1. The molecule has 0 aliphatic carbocycles. The lowest BCUT2D eigenvalue weighted by Crippen LogP contribution is -2.16. The van der Waals surface area contributed by atoms with Crippen LogP contribution in [0, 0.1) is 5.92 Å². The minimum absolute atomic E-state index is 0.163. The van der Waals surface area contributed by atoms with E-state index < -0.39 is 5.91 Å². The smallest absolute Gasteiger partial charge is 0.254 e. The number of amides is 1. The van der Waals surface area contributed by atoms with Gasteiger partial charge in [0, 0.05) is 12.7 Å². The van der Waals surface area contributed by atoms with Crippen LogP contribution < -0.4 is 20.5 Å². The molecule has 0 saturated carbocycles. The van der Waals surface area contributed by atoms with Crippen LogP contribution in [0.4, 0.5) is 0 Å². The minimum atomic E-state index is -0.590. The van der Waals surface area contributed by atoms with Crippen molar-refractivity contribution in [2.45, 2.75) is 26.8 Å². The predicted molar refractivity (Wildman–Crippen MR) is 97.0 cm³/mol. The third-order valence-electron chi connectivity index (χ3n) is 3.70. The average Bonchev–Trinajstić information content (AvgIpc) is 2.59. The Bertz CT molecular complexity index is 717. The topological polar surface area (TPSA) is 86.5 Å². The van der Waals surface area contributed by atoms with E-state index >= 15 is 0 Å². The van der Waals surface area contributed by atoms with E-state index in [1.54, 1.807) is 31.5 Å². The van der Waals surface area contributed by atoms with Gasteiger partial charge in [0.15, 0.2) is 11.5 Å². The average molecular weight is 343 g/mol. The number of rotatable bonds is 9. The number of nitrogens with zero attached hydrogens (tertiary/aromatic N) is 1. The molecule has 0 radical (unpaired) electrons. The first-order valence-corrected chi connectivity index (χ1v) is 8.31. The van der Waals surface area contributed by atoms with Crippen molar-refractivity contribution in [1.29, 1.82) is 0 Å². The van der Waals surface area contributed by atoms with Gasteiger partial charge in [-0.05, 0) is 48.7 Å². The van der Waals surface area contributed by atoms with Crippen LogP contribution >= 0.6 is 0 Å². The zero-order chi connectivity index (χ0) is 18.2. The minimum Gasteiger partial charge on any atom is -0.493 e. The zero-order valence-corrected chi connectivity index (χ0v) is 14.9. The van der Waals surface area contributed by atoms with Crippen molar-refractivity contribution in [2.24, 2.45) is 11.7 Å². The second kappa shape index (κ2) is 9.03. The fourth-order valence-corrected chi connectivity index (χ4v) is 2.29. The summed E-state index contributed by atoms with van der Waals surface area (Å²) in [6.07, 6.45) is 2.68. The number of primary amides is 1. The molecule has 0 spiro atoms. The Hall–Kier alpha value is -2.60. The van der Waals surface area contributed by atoms with Gasteiger partial charge in [-0.1, -0.05) is 19.9 Å². The fourth-order valence-electron chi connectivity index (χ4n) is 2.29. The Morgan fingerprint density at radius 3 is 2.76 bits per heavy atom. The predicted octanol–water partition coefficient (Wildman–Crippen LogP) is 3.12. The van der Waals surface area contributed by atoms with E-state index in [1.165, 1.54) is 0 Å². The van der Waals surface area contributed by atoms with Crippen LogP contribution in [-0.2, 0) is 6.54 Å². The molecule has 1 amide bonds. The molecule has 0 unspecified atom stereocenters. The highest BCUT2D eigenvalue weighted by Gasteiger charge is 2.14. The van der Waals surface area contributed by atoms with E-state index in [4.69, 9.17) is 15.2 Å². The number of benzene rings is 1. The van der Waals surface area contributed by atoms with Gasteiger partial charge in [0.1, 0.15) is 5.56 Å². The number of methoxy groups -OCH3 is 1. The maximum Gasteiger partial charge on any atom is 0.254 e. The molecule has 0 aliphatic heterocycles. The molecule has 6 heteroatoms. The van der Waals surface area contributed by atoms with Crippen LogP contribution in [0.3, 0.4) is 0 Å². The van der Waals surface area contributed by atoms with Gasteiger partial charge in [-0.15, -0.1) is 0 Å². The van der Waals surface area contributed by atoms with Crippen molar-refractivity contribution in [2.75, 3.05) is 13.7 Å². The van der Waals surface area contributed by atoms with Gasteiger partial charge in [-0.25, -0.2) is 4.98 Å². The first-order chi connectivity index (χ1) is 12.0. The molecule has 1 aromatic carbocycles. The maximum absolute atomic E-state index is 11.5. The molecule has 25 heavy (non-hydrogen) atoms. The molecule has 6 nitrogen and oxygen atoms in total. The third kappa shape index (κ3) is 5.46. The summed E-state index contributed by atoms with van der Waals surface area (Å²) < 4.78 is 11.2. The molecule has 0 bridgehead atoms. The lowest BCUT2D eigenvalue weighted by Gasteiger charge is -2.13. The third-order valence-corrected chi connectivity index (χ3v) is 3.70. The molecule has 1 heterocycles. The monoisotopic (exact) mass is 343 g/mol. The van der Waals surface area contributed by atoms with Gasteiger partial charge < -0.3 is 20.5 Å². The molecule has 134 valence electrons. The van der Waals surface area contributed by atoms with Crippen molar-refractivity contribution >= 4 is 5.91 Å². The normalized spacial score (nSPS) is 10.7. The fraction of sp³-hybridized carbons (Fsp3) is 0.368. The van der Waals surface area contributed by atoms with Crippen molar-refractivity contribution in [3.05, 3.63) is 47.7 Å². The van der Waals surface area contributed by atoms with Crippen molar-refractivity contribution in [3.63, 3.8) is 0 Å². The molecule has 2 aromatic rings. The molecule has 1 aromatic heterocycles. The number of hydrogen-bond donors (Lipinski definition) is 2. The Morgan fingerprint density at radius 2 is 2.08 bits per heavy atom.